The average molecular weight is 431 g/mol. The number of nitriles is 1. The Morgan fingerprint density at radius 3 is 2.62 bits per heavy atom. The lowest BCUT2D eigenvalue weighted by Crippen LogP contribution is -2.46. The summed E-state index contributed by atoms with van der Waals surface area (Å²) >= 11 is 0. The number of nitrogens with zero attached hydrogens (tertiary/aromatic N) is 4. The Bertz CT molecular complexity index is 1210. The number of aromatic nitrogens is 2. The van der Waals surface area contributed by atoms with Crippen LogP contribution in [0.15, 0.2) is 47.3 Å². The number of anilines is 1. The summed E-state index contributed by atoms with van der Waals surface area (Å²) < 4.78 is 7.98. The highest BCUT2D eigenvalue weighted by molar-refractivity contribution is 5.88. The van der Waals surface area contributed by atoms with Gasteiger partial charge in [0.1, 0.15) is 29.1 Å². The average Bonchev–Trinajstić information content (AvgIpc) is 2.81. The number of pyridine rings is 2. The van der Waals surface area contributed by atoms with Gasteiger partial charge in [0.25, 0.3) is 5.56 Å². The molecule has 1 aliphatic rings. The summed E-state index contributed by atoms with van der Waals surface area (Å²) in [6.45, 7) is 8.11. The maximum absolute atomic E-state index is 12.6. The second kappa shape index (κ2) is 9.04. The molecule has 0 radical (unpaired) electrons. The lowest BCUT2D eigenvalue weighted by molar-refractivity contribution is 0.110. The van der Waals surface area contributed by atoms with Crippen LogP contribution in [0.3, 0.4) is 0 Å². The van der Waals surface area contributed by atoms with Gasteiger partial charge in [-0.15, -0.1) is 0 Å². The third-order valence-corrected chi connectivity index (χ3v) is 6.55. The first kappa shape index (κ1) is 21.9. The molecule has 0 spiro atoms. The van der Waals surface area contributed by atoms with E-state index >= 15 is 0 Å². The van der Waals surface area contributed by atoms with E-state index in [1.54, 1.807) is 29.8 Å². The van der Waals surface area contributed by atoms with Gasteiger partial charge in [-0.2, -0.15) is 5.26 Å². The largest absolute Gasteiger partial charge is 0.490 e. The lowest BCUT2D eigenvalue weighted by atomic mass is 9.91. The molecular formula is C26H30N4O2. The molecule has 2 atom stereocenters. The molecule has 1 saturated heterocycles. The second-order valence-electron chi connectivity index (χ2n) is 8.89. The van der Waals surface area contributed by atoms with E-state index in [0.717, 1.165) is 42.9 Å². The van der Waals surface area contributed by atoms with Crippen LogP contribution in [-0.4, -0.2) is 28.7 Å². The minimum absolute atomic E-state index is 0.0735. The summed E-state index contributed by atoms with van der Waals surface area (Å²) in [5.41, 5.74) is 3.83. The Kier molecular flexibility index (Phi) is 6.18. The van der Waals surface area contributed by atoms with Gasteiger partial charge < -0.3 is 14.2 Å². The number of hydrogen-bond acceptors (Lipinski definition) is 5. The van der Waals surface area contributed by atoms with Gasteiger partial charge in [-0.3, -0.25) is 4.79 Å². The summed E-state index contributed by atoms with van der Waals surface area (Å²) in [5.74, 6) is 1.73. The normalized spacial score (nSPS) is 18.7. The summed E-state index contributed by atoms with van der Waals surface area (Å²) in [7, 11) is 1.74. The number of ether oxygens (including phenoxy) is 1. The van der Waals surface area contributed by atoms with Crippen molar-refractivity contribution in [2.24, 2.45) is 13.0 Å². The SMILES string of the molecule is CCC1CN(c2cc(=O)n(C)c3ccc(C#N)nc23)CC[C@@H]1Oc1ccc(C(C)C)cc1. The van der Waals surface area contributed by atoms with E-state index in [0.29, 0.717) is 23.0 Å². The molecule has 2 aromatic heterocycles. The van der Waals surface area contributed by atoms with Crippen LogP contribution >= 0.6 is 0 Å². The summed E-state index contributed by atoms with van der Waals surface area (Å²) in [6, 6.07) is 15.6. The van der Waals surface area contributed by atoms with Crippen molar-refractivity contribution in [1.29, 1.82) is 5.26 Å². The monoisotopic (exact) mass is 430 g/mol. The van der Waals surface area contributed by atoms with E-state index in [1.165, 1.54) is 5.56 Å². The second-order valence-corrected chi connectivity index (χ2v) is 8.89. The van der Waals surface area contributed by atoms with E-state index in [2.05, 4.69) is 61.0 Å². The van der Waals surface area contributed by atoms with Crippen molar-refractivity contribution in [1.82, 2.24) is 9.55 Å². The minimum Gasteiger partial charge on any atom is -0.490 e. The van der Waals surface area contributed by atoms with Crippen LogP contribution in [0, 0.1) is 17.2 Å². The number of benzene rings is 1. The fraction of sp³-hybridized carbons (Fsp3) is 0.423. The molecular weight excluding hydrogens is 400 g/mol. The van der Waals surface area contributed by atoms with Crippen LogP contribution in [0.1, 0.15) is 50.8 Å². The molecule has 3 aromatic rings. The van der Waals surface area contributed by atoms with E-state index < -0.39 is 0 Å². The Hall–Kier alpha value is -3.33. The van der Waals surface area contributed by atoms with Crippen molar-refractivity contribution in [2.45, 2.75) is 45.6 Å². The minimum atomic E-state index is -0.0735. The highest BCUT2D eigenvalue weighted by atomic mass is 16.5. The van der Waals surface area contributed by atoms with Gasteiger partial charge in [0.2, 0.25) is 0 Å². The highest BCUT2D eigenvalue weighted by Crippen LogP contribution is 2.31. The van der Waals surface area contributed by atoms with Crippen molar-refractivity contribution in [3.63, 3.8) is 0 Å². The van der Waals surface area contributed by atoms with Gasteiger partial charge in [0.15, 0.2) is 0 Å². The predicted molar refractivity (Wildman–Crippen MR) is 127 cm³/mol. The van der Waals surface area contributed by atoms with Crippen molar-refractivity contribution in [2.75, 3.05) is 18.0 Å². The third-order valence-electron chi connectivity index (χ3n) is 6.55. The van der Waals surface area contributed by atoms with Gasteiger partial charge >= 0.3 is 0 Å². The molecule has 32 heavy (non-hydrogen) atoms. The van der Waals surface area contributed by atoms with Crippen LogP contribution in [0.25, 0.3) is 11.0 Å². The first-order valence-corrected chi connectivity index (χ1v) is 11.3. The molecule has 0 bridgehead atoms. The standard InChI is InChI=1S/C26H30N4O2/c1-5-18-16-30(13-12-24(18)32-21-9-6-19(7-10-21)17(2)3)23-14-25(31)29(4)22-11-8-20(15-27)28-26(22)23/h6-11,14,17-18,24H,5,12-13,16H2,1-4H3/t18?,24-/m0/s1. The topological polar surface area (TPSA) is 71.2 Å². The molecule has 166 valence electrons. The fourth-order valence-electron chi connectivity index (χ4n) is 4.50. The number of rotatable bonds is 5. The van der Waals surface area contributed by atoms with E-state index in [9.17, 15) is 10.1 Å². The zero-order chi connectivity index (χ0) is 22.8. The Morgan fingerprint density at radius 1 is 1.22 bits per heavy atom. The molecule has 0 aliphatic carbocycles. The molecule has 0 N–H and O–H groups in total. The van der Waals surface area contributed by atoms with E-state index in [4.69, 9.17) is 4.74 Å². The van der Waals surface area contributed by atoms with E-state index in [-0.39, 0.29) is 11.7 Å². The summed E-state index contributed by atoms with van der Waals surface area (Å²) in [5, 5.41) is 9.31. The zero-order valence-corrected chi connectivity index (χ0v) is 19.2. The molecule has 3 heterocycles. The first-order chi connectivity index (χ1) is 15.4. The Morgan fingerprint density at radius 2 is 1.97 bits per heavy atom. The predicted octanol–water partition coefficient (Wildman–Crippen LogP) is 4.61. The van der Waals surface area contributed by atoms with Crippen molar-refractivity contribution >= 4 is 16.7 Å². The molecule has 4 rings (SSSR count). The number of aryl methyl sites for hydroxylation is 1. The summed E-state index contributed by atoms with van der Waals surface area (Å²) in [6.07, 6.45) is 1.96. The van der Waals surface area contributed by atoms with Crippen LogP contribution < -0.4 is 15.2 Å². The lowest BCUT2D eigenvalue weighted by Gasteiger charge is -2.39. The maximum Gasteiger partial charge on any atom is 0.252 e. The third kappa shape index (κ3) is 4.20. The van der Waals surface area contributed by atoms with Crippen LogP contribution in [0.2, 0.25) is 0 Å². The number of piperidine rings is 1. The van der Waals surface area contributed by atoms with Crippen molar-refractivity contribution in [3.8, 4) is 11.8 Å². The van der Waals surface area contributed by atoms with Gasteiger partial charge in [-0.25, -0.2) is 4.98 Å². The van der Waals surface area contributed by atoms with Crippen LogP contribution in [0.5, 0.6) is 5.75 Å². The maximum atomic E-state index is 12.6. The Balaban J connectivity index is 1.59. The zero-order valence-electron chi connectivity index (χ0n) is 19.2. The summed E-state index contributed by atoms with van der Waals surface area (Å²) in [4.78, 5) is 19.4. The van der Waals surface area contributed by atoms with Gasteiger partial charge in [-0.05, 0) is 42.2 Å². The van der Waals surface area contributed by atoms with Crippen molar-refractivity contribution in [3.05, 3.63) is 64.1 Å². The quantitative estimate of drug-likeness (QED) is 0.591. The number of fused-ring (bicyclic) bond motifs is 1. The molecule has 1 aliphatic heterocycles. The van der Waals surface area contributed by atoms with Gasteiger partial charge in [0.05, 0.1) is 11.2 Å². The highest BCUT2D eigenvalue weighted by Gasteiger charge is 2.31. The molecule has 6 heteroatoms. The van der Waals surface area contributed by atoms with Gasteiger partial charge in [-0.1, -0.05) is 32.9 Å². The molecule has 1 fully saturated rings. The first-order valence-electron chi connectivity index (χ1n) is 11.3. The van der Waals surface area contributed by atoms with Crippen molar-refractivity contribution < 1.29 is 4.74 Å². The van der Waals surface area contributed by atoms with Crippen LogP contribution in [0.4, 0.5) is 5.69 Å². The molecule has 6 nitrogen and oxygen atoms in total. The van der Waals surface area contributed by atoms with E-state index in [1.807, 2.05) is 0 Å². The van der Waals surface area contributed by atoms with Crippen LogP contribution in [-0.2, 0) is 7.05 Å². The smallest absolute Gasteiger partial charge is 0.252 e. The molecule has 0 saturated carbocycles. The Labute approximate surface area is 189 Å². The molecule has 1 aromatic carbocycles. The number of hydrogen-bond donors (Lipinski definition) is 0. The molecule has 0 amide bonds. The molecule has 1 unspecified atom stereocenters. The fourth-order valence-corrected chi connectivity index (χ4v) is 4.50. The van der Waals surface area contributed by atoms with Gasteiger partial charge in [0, 0.05) is 38.5 Å².